The van der Waals surface area contributed by atoms with Gasteiger partial charge < -0.3 is 79.9 Å². The first-order valence-electron chi connectivity index (χ1n) is 15.2. The number of carbonyl (C=O) groups excluding carboxylic acids is 2. The van der Waals surface area contributed by atoms with E-state index >= 15 is 0 Å². The number of ether oxygens (including phenoxy) is 6. The molecule has 0 saturated carbocycles. The van der Waals surface area contributed by atoms with Crippen molar-refractivity contribution in [1.82, 2.24) is 10.6 Å². The molecule has 1 aromatic carbocycles. The number of carbonyl (C=O) groups is 2. The van der Waals surface area contributed by atoms with Crippen LogP contribution in [-0.2, 0) is 33.3 Å². The Morgan fingerprint density at radius 1 is 0.735 bits per heavy atom. The molecule has 3 fully saturated rings. The predicted molar refractivity (Wildman–Crippen MR) is 156 cm³/mol. The van der Waals surface area contributed by atoms with E-state index in [1.54, 1.807) is 0 Å². The van der Waals surface area contributed by atoms with Gasteiger partial charge in [0.1, 0.15) is 78.9 Å². The van der Waals surface area contributed by atoms with Crippen LogP contribution in [0.15, 0.2) is 24.3 Å². The number of rotatable bonds is 12. The molecule has 49 heavy (non-hydrogen) atoms. The van der Waals surface area contributed by atoms with Gasteiger partial charge in [0.05, 0.1) is 24.7 Å². The highest BCUT2D eigenvalue weighted by Crippen LogP contribution is 2.32. The van der Waals surface area contributed by atoms with E-state index in [1.807, 2.05) is 0 Å². The molecule has 0 aromatic heterocycles. The lowest BCUT2D eigenvalue weighted by Crippen LogP contribution is -2.69. The lowest BCUT2D eigenvalue weighted by atomic mass is 9.95. The number of nitro groups is 1. The number of non-ortho nitro benzene ring substituents is 1. The van der Waals surface area contributed by atoms with Crippen LogP contribution in [0.4, 0.5) is 5.69 Å². The summed E-state index contributed by atoms with van der Waals surface area (Å²) in [7, 11) is 0. The van der Waals surface area contributed by atoms with E-state index in [4.69, 9.17) is 28.4 Å². The summed E-state index contributed by atoms with van der Waals surface area (Å²) < 4.78 is 34.6. The van der Waals surface area contributed by atoms with Crippen LogP contribution in [0.1, 0.15) is 13.8 Å². The monoisotopic (exact) mass is 707 g/mol. The van der Waals surface area contributed by atoms with Gasteiger partial charge in [-0.15, -0.1) is 0 Å². The fraction of sp³-hybridized carbons (Fsp3) is 0.714. The van der Waals surface area contributed by atoms with Gasteiger partial charge in [0.25, 0.3) is 5.69 Å². The molecule has 3 heterocycles. The SMILES string of the molecule is CC(=O)N[C@H]1[C@H](Oc2ccc([N+](=O)[O-])cc2)O[C@H](CO[C@@H]2O[C@H](CO)[C@@H](O)[C@H](O)[C@H]2NC(C)=O)[C@@H](O[C@@H]2O[C@H](CO)[C@H](O)[C@H](O)[C@H]2O)[C@@H]1O. The van der Waals surface area contributed by atoms with E-state index in [0.29, 0.717) is 0 Å². The van der Waals surface area contributed by atoms with Gasteiger partial charge in [0.2, 0.25) is 18.1 Å². The minimum absolute atomic E-state index is 0.00959. The second-order valence-corrected chi connectivity index (χ2v) is 11.7. The van der Waals surface area contributed by atoms with Crippen molar-refractivity contribution in [2.75, 3.05) is 19.8 Å². The van der Waals surface area contributed by atoms with Crippen molar-refractivity contribution < 1.29 is 83.8 Å². The molecule has 15 atom stereocenters. The minimum Gasteiger partial charge on any atom is -0.463 e. The Hall–Kier alpha value is -3.16. The Labute approximate surface area is 278 Å². The first-order chi connectivity index (χ1) is 23.2. The third kappa shape index (κ3) is 8.96. The van der Waals surface area contributed by atoms with Gasteiger partial charge in [-0.3, -0.25) is 19.7 Å². The summed E-state index contributed by atoms with van der Waals surface area (Å²) in [6, 6.07) is 1.91. The summed E-state index contributed by atoms with van der Waals surface area (Å²) >= 11 is 0. The van der Waals surface area contributed by atoms with Crippen molar-refractivity contribution in [3.8, 4) is 5.75 Å². The third-order valence-electron chi connectivity index (χ3n) is 8.16. The molecule has 276 valence electrons. The van der Waals surface area contributed by atoms with Crippen molar-refractivity contribution in [2.24, 2.45) is 0 Å². The molecule has 21 heteroatoms. The first kappa shape index (κ1) is 38.6. The van der Waals surface area contributed by atoms with Crippen molar-refractivity contribution in [2.45, 2.75) is 106 Å². The average molecular weight is 708 g/mol. The Balaban J connectivity index is 1.66. The molecular weight excluding hydrogens is 666 g/mol. The fourth-order valence-electron chi connectivity index (χ4n) is 5.63. The van der Waals surface area contributed by atoms with E-state index in [0.717, 1.165) is 26.0 Å². The number of hydrogen-bond donors (Lipinski definition) is 10. The normalized spacial score (nSPS) is 39.5. The Bertz CT molecular complexity index is 1270. The van der Waals surface area contributed by atoms with Gasteiger partial charge in [-0.1, -0.05) is 0 Å². The molecule has 0 radical (unpaired) electrons. The topological polar surface area (TPSA) is 319 Å². The highest BCUT2D eigenvalue weighted by Gasteiger charge is 2.53. The first-order valence-corrected chi connectivity index (χ1v) is 15.2. The van der Waals surface area contributed by atoms with Crippen molar-refractivity contribution in [1.29, 1.82) is 0 Å². The number of nitro benzene ring substituents is 1. The summed E-state index contributed by atoms with van der Waals surface area (Å²) in [5.74, 6) is -1.29. The minimum atomic E-state index is -1.92. The van der Waals surface area contributed by atoms with Crippen LogP contribution in [0, 0.1) is 10.1 Å². The Morgan fingerprint density at radius 2 is 1.24 bits per heavy atom. The summed E-state index contributed by atoms with van der Waals surface area (Å²) in [6.07, 6.45) is -21.4. The summed E-state index contributed by atoms with van der Waals surface area (Å²) in [6.45, 7) is 0.0495. The van der Waals surface area contributed by atoms with Gasteiger partial charge in [-0.2, -0.15) is 0 Å². The van der Waals surface area contributed by atoms with Gasteiger partial charge in [-0.25, -0.2) is 0 Å². The van der Waals surface area contributed by atoms with E-state index < -0.39 is 129 Å². The zero-order chi connectivity index (χ0) is 36.2. The molecule has 0 aliphatic carbocycles. The summed E-state index contributed by atoms with van der Waals surface area (Å²) in [4.78, 5) is 34.6. The van der Waals surface area contributed by atoms with Crippen molar-refractivity contribution >= 4 is 17.5 Å². The molecule has 3 aliphatic heterocycles. The van der Waals surface area contributed by atoms with Crippen LogP contribution in [0.2, 0.25) is 0 Å². The lowest BCUT2D eigenvalue weighted by molar-refractivity contribution is -0.384. The van der Waals surface area contributed by atoms with Crippen molar-refractivity contribution in [3.05, 3.63) is 34.4 Å². The molecule has 3 saturated heterocycles. The number of amides is 2. The quantitative estimate of drug-likeness (QED) is 0.0716. The van der Waals surface area contributed by atoms with Crippen LogP contribution in [0.5, 0.6) is 5.75 Å². The second-order valence-electron chi connectivity index (χ2n) is 11.7. The van der Waals surface area contributed by atoms with E-state index in [9.17, 15) is 60.6 Å². The molecule has 2 amide bonds. The molecule has 1 aromatic rings. The Morgan fingerprint density at radius 3 is 1.78 bits per heavy atom. The van der Waals surface area contributed by atoms with Crippen LogP contribution in [0.3, 0.4) is 0 Å². The molecule has 21 nitrogen and oxygen atoms in total. The van der Waals surface area contributed by atoms with E-state index in [1.165, 1.54) is 12.1 Å². The molecular formula is C28H41N3O18. The molecule has 0 unspecified atom stereocenters. The number of benzene rings is 1. The molecule has 0 bridgehead atoms. The number of nitrogens with one attached hydrogen (secondary N) is 2. The van der Waals surface area contributed by atoms with Crippen LogP contribution >= 0.6 is 0 Å². The Kier molecular flexibility index (Phi) is 13.2. The number of aliphatic hydroxyl groups is 8. The molecule has 0 spiro atoms. The average Bonchev–Trinajstić information content (AvgIpc) is 3.06. The van der Waals surface area contributed by atoms with Gasteiger partial charge in [-0.05, 0) is 12.1 Å². The van der Waals surface area contributed by atoms with Crippen molar-refractivity contribution in [3.63, 3.8) is 0 Å². The van der Waals surface area contributed by atoms with Gasteiger partial charge >= 0.3 is 0 Å². The number of nitrogens with zero attached hydrogens (tertiary/aromatic N) is 1. The molecule has 4 rings (SSSR count). The smallest absolute Gasteiger partial charge is 0.269 e. The predicted octanol–water partition coefficient (Wildman–Crippen LogP) is -5.29. The van der Waals surface area contributed by atoms with Crippen LogP contribution in [-0.4, -0.2) is 169 Å². The third-order valence-corrected chi connectivity index (χ3v) is 8.16. The lowest BCUT2D eigenvalue weighted by Gasteiger charge is -2.48. The standard InChI is InChI=1S/C28H41N3O18/c1-10(34)29-17-21(38)19(36)14(7-32)46-26(17)44-9-16-25(49-28-24(41)23(40)20(37)15(8-33)47-28)22(39)18(30-11(2)35)27(48-16)45-13-5-3-12(4-6-13)31(42)43/h3-6,14-28,32-33,36-41H,7-9H2,1-2H3,(H,29,34)(H,30,35)/t14-,15-,16-,17-,18-,19-,20+,21-,22-,23+,24-,25-,26-,27-,28+/m1/s1. The molecule has 3 aliphatic rings. The zero-order valence-electron chi connectivity index (χ0n) is 26.2. The summed E-state index contributed by atoms with van der Waals surface area (Å²) in [5, 5.41) is 99.0. The maximum absolute atomic E-state index is 12.2. The van der Waals surface area contributed by atoms with Crippen LogP contribution < -0.4 is 15.4 Å². The van der Waals surface area contributed by atoms with Gasteiger partial charge in [0.15, 0.2) is 12.6 Å². The highest BCUT2D eigenvalue weighted by molar-refractivity contribution is 5.73. The maximum atomic E-state index is 12.2. The maximum Gasteiger partial charge on any atom is 0.269 e. The number of hydrogen-bond acceptors (Lipinski definition) is 18. The van der Waals surface area contributed by atoms with Crippen LogP contribution in [0.25, 0.3) is 0 Å². The van der Waals surface area contributed by atoms with Gasteiger partial charge in [0, 0.05) is 26.0 Å². The summed E-state index contributed by atoms with van der Waals surface area (Å²) in [5.41, 5.74) is -0.260. The second kappa shape index (κ2) is 16.7. The zero-order valence-corrected chi connectivity index (χ0v) is 26.2. The van der Waals surface area contributed by atoms with E-state index in [2.05, 4.69) is 10.6 Å². The largest absolute Gasteiger partial charge is 0.463 e. The van der Waals surface area contributed by atoms with E-state index in [-0.39, 0.29) is 11.4 Å². The highest BCUT2D eigenvalue weighted by atomic mass is 16.7. The number of aliphatic hydroxyl groups excluding tert-OH is 8. The molecule has 10 N–H and O–H groups in total. The fourth-order valence-corrected chi connectivity index (χ4v) is 5.63.